The van der Waals surface area contributed by atoms with Gasteiger partial charge in [-0.1, -0.05) is 125 Å². The van der Waals surface area contributed by atoms with Crippen LogP contribution in [0.3, 0.4) is 0 Å². The smallest absolute Gasteiger partial charge is 0.135 e. The van der Waals surface area contributed by atoms with Crippen LogP contribution in [0.2, 0.25) is 5.02 Å². The molecule has 0 radical (unpaired) electrons. The molecule has 43 heavy (non-hydrogen) atoms. The van der Waals surface area contributed by atoms with Gasteiger partial charge in [-0.05, 0) is 48.2 Å². The molecule has 0 aliphatic heterocycles. The highest BCUT2D eigenvalue weighted by molar-refractivity contribution is 6.32. The van der Waals surface area contributed by atoms with Gasteiger partial charge in [0.15, 0.2) is 0 Å². The number of unbranched alkanes of at least 4 members (excludes halogenated alkanes) is 6. The van der Waals surface area contributed by atoms with E-state index < -0.39 is 0 Å². The normalized spacial score (nSPS) is 11.4. The lowest BCUT2D eigenvalue weighted by Crippen LogP contribution is -2.04. The minimum absolute atomic E-state index is 0.669. The molecule has 0 bridgehead atoms. The number of ether oxygens (including phenoxy) is 3. The minimum Gasteiger partial charge on any atom is -0.493 e. The Balaban J connectivity index is 1.78. The Morgan fingerprint density at radius 2 is 1.00 bits per heavy atom. The third kappa shape index (κ3) is 7.04. The number of fused-ring (bicyclic) bond motifs is 3. The summed E-state index contributed by atoms with van der Waals surface area (Å²) in [4.78, 5) is 0. The fourth-order valence-electron chi connectivity index (χ4n) is 5.92. The lowest BCUT2D eigenvalue weighted by atomic mass is 9.89. The second-order valence-electron chi connectivity index (χ2n) is 11.4. The predicted octanol–water partition coefficient (Wildman–Crippen LogP) is 12.2. The SMILES string of the molecule is CCCCCOc1cc(-c2c3ccccc3c(OCCCCC)c3cc(Cl)ccc23)c(OCCCCC)c2ccccc12. The summed E-state index contributed by atoms with van der Waals surface area (Å²) in [5.41, 5.74) is 2.17. The summed E-state index contributed by atoms with van der Waals surface area (Å²) in [6.45, 7) is 8.69. The molecule has 5 aromatic rings. The molecule has 5 aromatic carbocycles. The maximum Gasteiger partial charge on any atom is 0.135 e. The molecule has 0 heterocycles. The molecule has 0 aromatic heterocycles. The molecule has 0 fully saturated rings. The zero-order chi connectivity index (χ0) is 30.0. The van der Waals surface area contributed by atoms with E-state index in [2.05, 4.69) is 81.4 Å². The largest absolute Gasteiger partial charge is 0.493 e. The summed E-state index contributed by atoms with van der Waals surface area (Å²) >= 11 is 6.64. The van der Waals surface area contributed by atoms with Crippen molar-refractivity contribution in [3.05, 3.63) is 77.8 Å². The molecule has 5 rings (SSSR count). The number of rotatable bonds is 16. The van der Waals surface area contributed by atoms with Crippen molar-refractivity contribution in [3.63, 3.8) is 0 Å². The van der Waals surface area contributed by atoms with Gasteiger partial charge in [-0.15, -0.1) is 0 Å². The Kier molecular flexibility index (Phi) is 11.1. The molecular weight excluding hydrogens is 552 g/mol. The van der Waals surface area contributed by atoms with E-state index in [4.69, 9.17) is 25.8 Å². The second kappa shape index (κ2) is 15.3. The molecule has 226 valence electrons. The summed E-state index contributed by atoms with van der Waals surface area (Å²) in [5.74, 6) is 2.70. The lowest BCUT2D eigenvalue weighted by molar-refractivity contribution is 0.304. The van der Waals surface area contributed by atoms with Gasteiger partial charge in [0.05, 0.1) is 19.8 Å². The van der Waals surface area contributed by atoms with Gasteiger partial charge in [0.25, 0.3) is 0 Å². The molecule has 0 N–H and O–H groups in total. The maximum absolute atomic E-state index is 6.74. The van der Waals surface area contributed by atoms with Gasteiger partial charge in [0.2, 0.25) is 0 Å². The number of halogens is 1. The van der Waals surface area contributed by atoms with E-state index in [0.717, 1.165) is 118 Å². The van der Waals surface area contributed by atoms with Gasteiger partial charge in [-0.3, -0.25) is 0 Å². The number of hydrogen-bond donors (Lipinski definition) is 0. The quantitative estimate of drug-likeness (QED) is 0.0837. The summed E-state index contributed by atoms with van der Waals surface area (Å²) < 4.78 is 19.8. The van der Waals surface area contributed by atoms with Gasteiger partial charge in [-0.2, -0.15) is 0 Å². The fraction of sp³-hybridized carbons (Fsp3) is 0.385. The van der Waals surface area contributed by atoms with Crippen LogP contribution in [0.5, 0.6) is 17.2 Å². The molecular formula is C39H45ClO3. The molecule has 0 spiro atoms. The Morgan fingerprint density at radius 3 is 1.63 bits per heavy atom. The standard InChI is InChI=1S/C39H45ClO3/c1-4-7-14-23-41-36-27-35(39(43-25-16-9-6-3)32-19-12-10-17-29(32)36)37-30-18-11-13-20-33(30)38(42-24-15-8-5-2)34-26-28(40)21-22-31(34)37/h10-13,17-22,26-27H,4-9,14-16,23-25H2,1-3H3. The van der Waals surface area contributed by atoms with Crippen LogP contribution in [0.25, 0.3) is 43.4 Å². The van der Waals surface area contributed by atoms with E-state index >= 15 is 0 Å². The zero-order valence-corrected chi connectivity index (χ0v) is 26.8. The Labute approximate surface area is 262 Å². The van der Waals surface area contributed by atoms with Gasteiger partial charge in [0, 0.05) is 37.7 Å². The third-order valence-corrected chi connectivity index (χ3v) is 8.39. The highest BCUT2D eigenvalue weighted by Crippen LogP contribution is 2.50. The molecule has 0 saturated carbocycles. The van der Waals surface area contributed by atoms with Gasteiger partial charge < -0.3 is 14.2 Å². The Bertz CT molecular complexity index is 1660. The molecule has 0 aliphatic carbocycles. The number of hydrogen-bond acceptors (Lipinski definition) is 3. The predicted molar refractivity (Wildman–Crippen MR) is 184 cm³/mol. The van der Waals surface area contributed by atoms with E-state index in [1.54, 1.807) is 0 Å². The molecule has 0 saturated heterocycles. The first kappa shape index (κ1) is 31.0. The van der Waals surface area contributed by atoms with Crippen LogP contribution in [0.1, 0.15) is 78.6 Å². The first-order chi connectivity index (χ1) is 21.2. The van der Waals surface area contributed by atoms with Gasteiger partial charge in [-0.25, -0.2) is 0 Å². The van der Waals surface area contributed by atoms with Crippen molar-refractivity contribution in [2.45, 2.75) is 78.6 Å². The highest BCUT2D eigenvalue weighted by Gasteiger charge is 2.22. The first-order valence-corrected chi connectivity index (χ1v) is 16.6. The summed E-state index contributed by atoms with van der Waals surface area (Å²) in [6, 6.07) is 25.4. The van der Waals surface area contributed by atoms with Gasteiger partial charge >= 0.3 is 0 Å². The Morgan fingerprint density at radius 1 is 0.488 bits per heavy atom. The third-order valence-electron chi connectivity index (χ3n) is 8.16. The maximum atomic E-state index is 6.74. The van der Waals surface area contributed by atoms with Crippen molar-refractivity contribution in [2.24, 2.45) is 0 Å². The van der Waals surface area contributed by atoms with Crippen molar-refractivity contribution >= 4 is 43.9 Å². The van der Waals surface area contributed by atoms with Crippen LogP contribution in [0.15, 0.2) is 72.8 Å². The van der Waals surface area contributed by atoms with E-state index in [1.807, 2.05) is 12.1 Å². The van der Waals surface area contributed by atoms with E-state index in [0.29, 0.717) is 24.8 Å². The topological polar surface area (TPSA) is 27.7 Å². The van der Waals surface area contributed by atoms with E-state index in [9.17, 15) is 0 Å². The van der Waals surface area contributed by atoms with Crippen molar-refractivity contribution < 1.29 is 14.2 Å². The van der Waals surface area contributed by atoms with E-state index in [-0.39, 0.29) is 0 Å². The van der Waals surface area contributed by atoms with Crippen LogP contribution < -0.4 is 14.2 Å². The lowest BCUT2D eigenvalue weighted by Gasteiger charge is -2.22. The average molecular weight is 597 g/mol. The molecule has 0 unspecified atom stereocenters. The van der Waals surface area contributed by atoms with Crippen LogP contribution >= 0.6 is 11.6 Å². The zero-order valence-electron chi connectivity index (χ0n) is 26.0. The summed E-state index contributed by atoms with van der Waals surface area (Å²) in [5, 5.41) is 7.19. The van der Waals surface area contributed by atoms with E-state index in [1.165, 1.54) is 0 Å². The second-order valence-corrected chi connectivity index (χ2v) is 11.8. The monoisotopic (exact) mass is 596 g/mol. The summed E-state index contributed by atoms with van der Waals surface area (Å²) in [6.07, 6.45) is 9.97. The number of benzene rings is 5. The van der Waals surface area contributed by atoms with Crippen LogP contribution in [-0.4, -0.2) is 19.8 Å². The van der Waals surface area contributed by atoms with Crippen LogP contribution in [0, 0.1) is 0 Å². The van der Waals surface area contributed by atoms with Crippen LogP contribution in [0.4, 0.5) is 0 Å². The molecule has 3 nitrogen and oxygen atoms in total. The van der Waals surface area contributed by atoms with Crippen molar-refractivity contribution in [3.8, 4) is 28.4 Å². The Hall–Kier alpha value is -3.43. The highest BCUT2D eigenvalue weighted by atomic mass is 35.5. The van der Waals surface area contributed by atoms with Gasteiger partial charge in [0.1, 0.15) is 17.2 Å². The molecule has 0 amide bonds. The molecule has 0 atom stereocenters. The van der Waals surface area contributed by atoms with Crippen LogP contribution in [-0.2, 0) is 0 Å². The summed E-state index contributed by atoms with van der Waals surface area (Å²) in [7, 11) is 0. The first-order valence-electron chi connectivity index (χ1n) is 16.3. The van der Waals surface area contributed by atoms with Crippen molar-refractivity contribution in [1.82, 2.24) is 0 Å². The molecule has 0 aliphatic rings. The fourth-order valence-corrected chi connectivity index (χ4v) is 6.09. The average Bonchev–Trinajstić information content (AvgIpc) is 3.03. The molecule has 4 heteroatoms. The minimum atomic E-state index is 0.669. The van der Waals surface area contributed by atoms with Crippen molar-refractivity contribution in [1.29, 1.82) is 0 Å². The van der Waals surface area contributed by atoms with Crippen molar-refractivity contribution in [2.75, 3.05) is 19.8 Å².